The summed E-state index contributed by atoms with van der Waals surface area (Å²) in [6.07, 6.45) is 1.20. The Morgan fingerprint density at radius 1 is 1.59 bits per heavy atom. The SMILES string of the molecule is O=C(NCC1CCSC1)c1ccc(Cl)c(Br)c1. The van der Waals surface area contributed by atoms with Crippen LogP contribution in [0.5, 0.6) is 0 Å². The predicted molar refractivity (Wildman–Crippen MR) is 76.9 cm³/mol. The van der Waals surface area contributed by atoms with E-state index >= 15 is 0 Å². The number of carbonyl (C=O) groups excluding carboxylic acids is 1. The number of rotatable bonds is 3. The lowest BCUT2D eigenvalue weighted by Gasteiger charge is -2.10. The van der Waals surface area contributed by atoms with Crippen molar-refractivity contribution in [3.63, 3.8) is 0 Å². The van der Waals surface area contributed by atoms with Crippen LogP contribution in [0.3, 0.4) is 0 Å². The van der Waals surface area contributed by atoms with E-state index in [1.54, 1.807) is 18.2 Å². The maximum atomic E-state index is 11.9. The summed E-state index contributed by atoms with van der Waals surface area (Å²) in [5.74, 6) is 2.97. The van der Waals surface area contributed by atoms with Crippen molar-refractivity contribution in [2.45, 2.75) is 6.42 Å². The minimum Gasteiger partial charge on any atom is -0.352 e. The number of amides is 1. The van der Waals surface area contributed by atoms with Crippen molar-refractivity contribution in [2.24, 2.45) is 5.92 Å². The minimum absolute atomic E-state index is 0.0285. The molecule has 92 valence electrons. The third-order valence-electron chi connectivity index (χ3n) is 2.76. The highest BCUT2D eigenvalue weighted by Crippen LogP contribution is 2.24. The van der Waals surface area contributed by atoms with Crippen LogP contribution in [0.4, 0.5) is 0 Å². The maximum absolute atomic E-state index is 11.9. The van der Waals surface area contributed by atoms with Crippen LogP contribution < -0.4 is 5.32 Å². The third kappa shape index (κ3) is 3.63. The van der Waals surface area contributed by atoms with Gasteiger partial charge in [-0.1, -0.05) is 11.6 Å². The molecule has 1 aliphatic rings. The van der Waals surface area contributed by atoms with Crippen molar-refractivity contribution in [3.8, 4) is 0 Å². The van der Waals surface area contributed by atoms with E-state index in [0.717, 1.165) is 16.8 Å². The monoisotopic (exact) mass is 333 g/mol. The quantitative estimate of drug-likeness (QED) is 0.915. The zero-order chi connectivity index (χ0) is 12.3. The average Bonchev–Trinajstić information content (AvgIpc) is 2.82. The molecule has 1 N–H and O–H groups in total. The molecule has 0 bridgehead atoms. The molecule has 0 aromatic heterocycles. The molecule has 1 unspecified atom stereocenters. The largest absolute Gasteiger partial charge is 0.352 e. The van der Waals surface area contributed by atoms with E-state index in [0.29, 0.717) is 16.5 Å². The highest BCUT2D eigenvalue weighted by Gasteiger charge is 2.16. The molecule has 0 spiro atoms. The fourth-order valence-electron chi connectivity index (χ4n) is 1.72. The number of thioether (sulfide) groups is 1. The molecule has 0 aliphatic carbocycles. The van der Waals surface area contributed by atoms with Gasteiger partial charge in [0, 0.05) is 16.6 Å². The van der Waals surface area contributed by atoms with Gasteiger partial charge in [-0.3, -0.25) is 4.79 Å². The number of halogens is 2. The molecule has 1 aromatic carbocycles. The molecule has 5 heteroatoms. The first-order chi connectivity index (χ1) is 8.16. The highest BCUT2D eigenvalue weighted by molar-refractivity contribution is 9.10. The molecule has 1 aliphatic heterocycles. The zero-order valence-corrected chi connectivity index (χ0v) is 12.4. The van der Waals surface area contributed by atoms with Gasteiger partial charge in [-0.15, -0.1) is 0 Å². The predicted octanol–water partition coefficient (Wildman–Crippen LogP) is 3.59. The summed E-state index contributed by atoms with van der Waals surface area (Å²) in [7, 11) is 0. The van der Waals surface area contributed by atoms with E-state index in [1.807, 2.05) is 11.8 Å². The molecule has 1 fully saturated rings. The first-order valence-electron chi connectivity index (χ1n) is 5.48. The number of carbonyl (C=O) groups is 1. The topological polar surface area (TPSA) is 29.1 Å². The van der Waals surface area contributed by atoms with Crippen LogP contribution >= 0.6 is 39.3 Å². The summed E-state index contributed by atoms with van der Waals surface area (Å²) in [6.45, 7) is 0.770. The van der Waals surface area contributed by atoms with Gasteiger partial charge in [0.05, 0.1) is 5.02 Å². The minimum atomic E-state index is -0.0285. The Labute approximate surface area is 119 Å². The first-order valence-corrected chi connectivity index (χ1v) is 7.80. The number of nitrogens with one attached hydrogen (secondary N) is 1. The normalized spacial score (nSPS) is 19.3. The van der Waals surface area contributed by atoms with Gasteiger partial charge in [-0.2, -0.15) is 11.8 Å². The van der Waals surface area contributed by atoms with Crippen LogP contribution in [0.1, 0.15) is 16.8 Å². The van der Waals surface area contributed by atoms with E-state index in [9.17, 15) is 4.79 Å². The highest BCUT2D eigenvalue weighted by atomic mass is 79.9. The smallest absolute Gasteiger partial charge is 0.251 e. The van der Waals surface area contributed by atoms with Crippen LogP contribution in [0.2, 0.25) is 5.02 Å². The molecule has 17 heavy (non-hydrogen) atoms. The molecule has 1 saturated heterocycles. The van der Waals surface area contributed by atoms with Gasteiger partial charge in [0.25, 0.3) is 5.91 Å². The molecular formula is C12H13BrClNOS. The molecule has 0 radical (unpaired) electrons. The lowest BCUT2D eigenvalue weighted by atomic mass is 10.1. The van der Waals surface area contributed by atoms with Crippen molar-refractivity contribution in [1.82, 2.24) is 5.32 Å². The van der Waals surface area contributed by atoms with Gasteiger partial charge in [-0.25, -0.2) is 0 Å². The first kappa shape index (κ1) is 13.2. The van der Waals surface area contributed by atoms with Crippen LogP contribution in [0, 0.1) is 5.92 Å². The Bertz CT molecular complexity index is 421. The van der Waals surface area contributed by atoms with E-state index < -0.39 is 0 Å². The number of hydrogen-bond donors (Lipinski definition) is 1. The molecule has 2 rings (SSSR count). The maximum Gasteiger partial charge on any atom is 0.251 e. The van der Waals surface area contributed by atoms with E-state index in [2.05, 4.69) is 21.2 Å². The standard InChI is InChI=1S/C12H13BrClNOS/c13-10-5-9(1-2-11(10)14)12(16)15-6-8-3-4-17-7-8/h1-2,5,8H,3-4,6-7H2,(H,15,16). The van der Waals surface area contributed by atoms with Gasteiger partial charge >= 0.3 is 0 Å². The van der Waals surface area contributed by atoms with E-state index in [1.165, 1.54) is 12.2 Å². The summed E-state index contributed by atoms with van der Waals surface area (Å²) < 4.78 is 0.753. The van der Waals surface area contributed by atoms with Crippen molar-refractivity contribution in [2.75, 3.05) is 18.1 Å². The number of benzene rings is 1. The van der Waals surface area contributed by atoms with Crippen molar-refractivity contribution < 1.29 is 4.79 Å². The second kappa shape index (κ2) is 6.12. The Morgan fingerprint density at radius 3 is 3.06 bits per heavy atom. The Morgan fingerprint density at radius 2 is 2.41 bits per heavy atom. The lowest BCUT2D eigenvalue weighted by molar-refractivity contribution is 0.0948. The van der Waals surface area contributed by atoms with Crippen molar-refractivity contribution in [3.05, 3.63) is 33.3 Å². The van der Waals surface area contributed by atoms with Crippen LogP contribution in [-0.2, 0) is 0 Å². The lowest BCUT2D eigenvalue weighted by Crippen LogP contribution is -2.29. The van der Waals surface area contributed by atoms with Gasteiger partial charge in [-0.05, 0) is 58.0 Å². The number of hydrogen-bond acceptors (Lipinski definition) is 2. The van der Waals surface area contributed by atoms with Gasteiger partial charge in [0.15, 0.2) is 0 Å². The third-order valence-corrected chi connectivity index (χ3v) is 5.20. The fourth-order valence-corrected chi connectivity index (χ4v) is 3.50. The van der Waals surface area contributed by atoms with Gasteiger partial charge in [0.2, 0.25) is 0 Å². The summed E-state index contributed by atoms with van der Waals surface area (Å²) in [5.41, 5.74) is 0.645. The Kier molecular flexibility index (Phi) is 4.77. The Balaban J connectivity index is 1.92. The van der Waals surface area contributed by atoms with Gasteiger partial charge in [0.1, 0.15) is 0 Å². The van der Waals surface area contributed by atoms with Crippen LogP contribution in [-0.4, -0.2) is 24.0 Å². The van der Waals surface area contributed by atoms with E-state index in [-0.39, 0.29) is 5.91 Å². The van der Waals surface area contributed by atoms with Crippen LogP contribution in [0.15, 0.2) is 22.7 Å². The second-order valence-corrected chi connectivity index (χ2v) is 6.48. The van der Waals surface area contributed by atoms with Crippen molar-refractivity contribution >= 4 is 45.2 Å². The zero-order valence-electron chi connectivity index (χ0n) is 9.21. The average molecular weight is 335 g/mol. The van der Waals surface area contributed by atoms with Crippen molar-refractivity contribution in [1.29, 1.82) is 0 Å². The summed E-state index contributed by atoms with van der Waals surface area (Å²) in [6, 6.07) is 5.22. The van der Waals surface area contributed by atoms with E-state index in [4.69, 9.17) is 11.6 Å². The molecule has 1 aromatic rings. The summed E-state index contributed by atoms with van der Waals surface area (Å²) in [4.78, 5) is 11.9. The molecule has 2 nitrogen and oxygen atoms in total. The molecule has 0 saturated carbocycles. The molecular weight excluding hydrogens is 322 g/mol. The molecule has 1 atom stereocenters. The molecule has 1 amide bonds. The summed E-state index contributed by atoms with van der Waals surface area (Å²) in [5, 5.41) is 3.59. The van der Waals surface area contributed by atoms with Crippen LogP contribution in [0.25, 0.3) is 0 Å². The fraction of sp³-hybridized carbons (Fsp3) is 0.417. The summed E-state index contributed by atoms with van der Waals surface area (Å²) >= 11 is 11.2. The second-order valence-electron chi connectivity index (χ2n) is 4.07. The Hall–Kier alpha value is -0.190. The molecule has 1 heterocycles. The van der Waals surface area contributed by atoms with Gasteiger partial charge < -0.3 is 5.32 Å².